The van der Waals surface area contributed by atoms with Crippen molar-refractivity contribution in [2.75, 3.05) is 0 Å². The van der Waals surface area contributed by atoms with Crippen LogP contribution in [-0.2, 0) is 5.41 Å². The molecule has 2 aromatic heterocycles. The van der Waals surface area contributed by atoms with Gasteiger partial charge in [-0.15, -0.1) is 0 Å². The van der Waals surface area contributed by atoms with E-state index in [0.717, 1.165) is 61.6 Å². The molecule has 0 amide bonds. The van der Waals surface area contributed by atoms with Crippen LogP contribution in [0.2, 0.25) is 0 Å². The van der Waals surface area contributed by atoms with Crippen molar-refractivity contribution < 1.29 is 0 Å². The molecule has 0 radical (unpaired) electrons. The van der Waals surface area contributed by atoms with Crippen LogP contribution in [0, 0.1) is 6.92 Å². The van der Waals surface area contributed by atoms with Crippen LogP contribution in [0.1, 0.15) is 39.1 Å². The van der Waals surface area contributed by atoms with Gasteiger partial charge in [-0.1, -0.05) is 188 Å². The van der Waals surface area contributed by atoms with Crippen molar-refractivity contribution in [3.63, 3.8) is 0 Å². The van der Waals surface area contributed by atoms with Gasteiger partial charge >= 0.3 is 0 Å². The van der Waals surface area contributed by atoms with E-state index in [1.54, 1.807) is 0 Å². The molecule has 9 aromatic rings. The third-order valence-corrected chi connectivity index (χ3v) is 13.2. The Morgan fingerprint density at radius 3 is 1.75 bits per heavy atom. The molecule has 2 aliphatic rings. The summed E-state index contributed by atoms with van der Waals surface area (Å²) in [5.41, 5.74) is 18.7. The van der Waals surface area contributed by atoms with Gasteiger partial charge in [0, 0.05) is 38.3 Å². The molecular formula is C57H39N3S. The number of pyridine rings is 1. The first-order chi connectivity index (χ1) is 30.1. The Morgan fingerprint density at radius 2 is 1.08 bits per heavy atom. The van der Waals surface area contributed by atoms with Crippen molar-refractivity contribution in [2.24, 2.45) is 0 Å². The molecule has 11 rings (SSSR count). The van der Waals surface area contributed by atoms with Gasteiger partial charge in [0.25, 0.3) is 0 Å². The monoisotopic (exact) mass is 797 g/mol. The van der Waals surface area contributed by atoms with Crippen LogP contribution in [-0.4, -0.2) is 15.0 Å². The van der Waals surface area contributed by atoms with Crippen LogP contribution >= 0.6 is 11.8 Å². The van der Waals surface area contributed by atoms with Crippen LogP contribution in [0.3, 0.4) is 0 Å². The normalized spacial score (nSPS) is 13.2. The topological polar surface area (TPSA) is 38.7 Å². The van der Waals surface area contributed by atoms with Gasteiger partial charge in [0.2, 0.25) is 0 Å². The smallest absolute Gasteiger partial charge is 0.160 e. The molecule has 0 unspecified atom stereocenters. The third kappa shape index (κ3) is 6.10. The summed E-state index contributed by atoms with van der Waals surface area (Å²) in [6.07, 6.45) is 5.77. The van der Waals surface area contributed by atoms with E-state index in [2.05, 4.69) is 177 Å². The fourth-order valence-corrected chi connectivity index (χ4v) is 10.7. The van der Waals surface area contributed by atoms with Gasteiger partial charge in [-0.05, 0) is 92.9 Å². The zero-order valence-corrected chi connectivity index (χ0v) is 34.4. The Labute approximate surface area is 360 Å². The summed E-state index contributed by atoms with van der Waals surface area (Å²) in [5.74, 6) is 0.707. The van der Waals surface area contributed by atoms with Gasteiger partial charge in [-0.2, -0.15) is 0 Å². The summed E-state index contributed by atoms with van der Waals surface area (Å²) in [7, 11) is 0. The maximum atomic E-state index is 5.23. The second-order valence-electron chi connectivity index (χ2n) is 15.6. The second-order valence-corrected chi connectivity index (χ2v) is 16.7. The molecule has 0 fully saturated rings. The Bertz CT molecular complexity index is 3100. The van der Waals surface area contributed by atoms with E-state index >= 15 is 0 Å². The van der Waals surface area contributed by atoms with Gasteiger partial charge in [-0.3, -0.25) is 4.98 Å². The molecule has 3 nitrogen and oxygen atoms in total. The quantitative estimate of drug-likeness (QED) is 0.151. The molecule has 0 saturated carbocycles. The van der Waals surface area contributed by atoms with Gasteiger partial charge in [-0.25, -0.2) is 9.97 Å². The maximum absolute atomic E-state index is 5.23. The minimum absolute atomic E-state index is 0.506. The van der Waals surface area contributed by atoms with Crippen molar-refractivity contribution >= 4 is 17.3 Å². The Balaban J connectivity index is 1.10. The number of hydrogen-bond donors (Lipinski definition) is 0. The number of nitrogens with zero attached hydrogens (tertiary/aromatic N) is 3. The van der Waals surface area contributed by atoms with Crippen LogP contribution in [0.25, 0.3) is 61.7 Å². The Hall–Kier alpha value is -7.40. The van der Waals surface area contributed by atoms with Gasteiger partial charge < -0.3 is 0 Å². The lowest BCUT2D eigenvalue weighted by Gasteiger charge is -2.40. The van der Waals surface area contributed by atoms with E-state index in [4.69, 9.17) is 15.0 Å². The van der Waals surface area contributed by atoms with E-state index in [0.29, 0.717) is 5.82 Å². The zero-order valence-electron chi connectivity index (χ0n) is 33.6. The van der Waals surface area contributed by atoms with E-state index < -0.39 is 5.41 Å². The highest BCUT2D eigenvalue weighted by atomic mass is 32.2. The standard InChI is InChI=1S/C57H39N3S/c1-3-16-44(55-37(2)17-15-32-58-55)42-23-14-22-40(33-42)41-28-30-49-53(34-41)61-54-35-43(29-31-50(54)57(49)47-26-12-10-24-45(47)46-25-11-13-27-48(46)57)52-36-51(38-18-6-4-7-19-38)59-56(60-52)39-20-8-5-9-21-39/h3-36H,1H2,2H3/b44-16-. The molecule has 1 spiro atoms. The fraction of sp³-hybridized carbons (Fsp3) is 0.0351. The summed E-state index contributed by atoms with van der Waals surface area (Å²) in [5, 5.41) is 0. The number of hydrogen-bond acceptors (Lipinski definition) is 4. The van der Waals surface area contributed by atoms with Crippen LogP contribution in [0.5, 0.6) is 0 Å². The summed E-state index contributed by atoms with van der Waals surface area (Å²) in [4.78, 5) is 17.5. The third-order valence-electron chi connectivity index (χ3n) is 12.1. The lowest BCUT2D eigenvalue weighted by atomic mass is 9.67. The minimum Gasteiger partial charge on any atom is -0.256 e. The molecule has 1 aliphatic heterocycles. The molecule has 7 aromatic carbocycles. The second kappa shape index (κ2) is 15.0. The van der Waals surface area contributed by atoms with Gasteiger partial charge in [0.1, 0.15) is 0 Å². The highest BCUT2D eigenvalue weighted by Crippen LogP contribution is 2.62. The highest BCUT2D eigenvalue weighted by Gasteiger charge is 2.50. The molecule has 4 heteroatoms. The SMILES string of the molecule is C=C/C=C(/c1cccc(-c2ccc3c(c2)Sc2cc(-c4cc(-c5ccccc5)nc(-c5ccccc5)n4)ccc2C32c3ccccc3-c3ccccc32)c1)c1ncccc1C. The van der Waals surface area contributed by atoms with Crippen molar-refractivity contribution in [2.45, 2.75) is 22.1 Å². The van der Waals surface area contributed by atoms with E-state index in [9.17, 15) is 0 Å². The molecule has 0 bridgehead atoms. The van der Waals surface area contributed by atoms with Crippen LogP contribution in [0.4, 0.5) is 0 Å². The first kappa shape index (κ1) is 36.7. The lowest BCUT2D eigenvalue weighted by molar-refractivity contribution is 0.723. The minimum atomic E-state index is -0.506. The molecular weight excluding hydrogens is 759 g/mol. The lowest BCUT2D eigenvalue weighted by Crippen LogP contribution is -2.32. The molecule has 1 aliphatic carbocycles. The number of benzene rings is 7. The van der Waals surface area contributed by atoms with E-state index in [1.165, 1.54) is 43.2 Å². The first-order valence-electron chi connectivity index (χ1n) is 20.6. The van der Waals surface area contributed by atoms with Crippen molar-refractivity contribution in [1.29, 1.82) is 0 Å². The predicted octanol–water partition coefficient (Wildman–Crippen LogP) is 14.3. The first-order valence-corrected chi connectivity index (χ1v) is 21.4. The van der Waals surface area contributed by atoms with Crippen LogP contribution < -0.4 is 0 Å². The van der Waals surface area contributed by atoms with Gasteiger partial charge in [0.15, 0.2) is 5.82 Å². The molecule has 61 heavy (non-hydrogen) atoms. The fourth-order valence-electron chi connectivity index (χ4n) is 9.38. The average molecular weight is 798 g/mol. The number of aryl methyl sites for hydroxylation is 1. The predicted molar refractivity (Wildman–Crippen MR) is 251 cm³/mol. The maximum Gasteiger partial charge on any atom is 0.160 e. The molecule has 0 N–H and O–H groups in total. The number of rotatable bonds is 7. The summed E-state index contributed by atoms with van der Waals surface area (Å²) in [6.45, 7) is 6.15. The van der Waals surface area contributed by atoms with Gasteiger partial charge in [0.05, 0.1) is 22.5 Å². The zero-order chi connectivity index (χ0) is 40.9. The number of fused-ring (bicyclic) bond motifs is 9. The average Bonchev–Trinajstić information content (AvgIpc) is 3.61. The highest BCUT2D eigenvalue weighted by molar-refractivity contribution is 7.99. The Morgan fingerprint density at radius 1 is 0.508 bits per heavy atom. The van der Waals surface area contributed by atoms with Crippen molar-refractivity contribution in [3.8, 4) is 56.2 Å². The molecule has 0 atom stereocenters. The van der Waals surface area contributed by atoms with Crippen LogP contribution in [0.15, 0.2) is 223 Å². The summed E-state index contributed by atoms with van der Waals surface area (Å²) >= 11 is 1.85. The number of allylic oxidation sites excluding steroid dienone is 2. The molecule has 0 saturated heterocycles. The van der Waals surface area contributed by atoms with E-state index in [1.807, 2.05) is 54.4 Å². The summed E-state index contributed by atoms with van der Waals surface area (Å²) in [6, 6.07) is 67.7. The van der Waals surface area contributed by atoms with Crippen molar-refractivity contribution in [1.82, 2.24) is 15.0 Å². The van der Waals surface area contributed by atoms with E-state index in [-0.39, 0.29) is 0 Å². The number of aromatic nitrogens is 3. The molecule has 3 heterocycles. The largest absolute Gasteiger partial charge is 0.256 e. The summed E-state index contributed by atoms with van der Waals surface area (Å²) < 4.78 is 0. The Kier molecular flexibility index (Phi) is 9.02. The molecule has 288 valence electrons. The van der Waals surface area contributed by atoms with Crippen molar-refractivity contribution in [3.05, 3.63) is 252 Å².